The molecule has 0 saturated heterocycles. The molecule has 0 fully saturated rings. The lowest BCUT2D eigenvalue weighted by molar-refractivity contribution is 0.287. The highest BCUT2D eigenvalue weighted by Crippen LogP contribution is 2.26. The number of ether oxygens (including phenoxy) is 1. The van der Waals surface area contributed by atoms with E-state index in [4.69, 9.17) is 10.5 Å². The van der Waals surface area contributed by atoms with Gasteiger partial charge >= 0.3 is 0 Å². The minimum Gasteiger partial charge on any atom is -0.488 e. The maximum atomic E-state index is 13.5. The largest absolute Gasteiger partial charge is 0.488 e. The molecular formula is C15H14F3NO. The van der Waals surface area contributed by atoms with Crippen molar-refractivity contribution < 1.29 is 17.9 Å². The minimum atomic E-state index is -0.705. The zero-order chi connectivity index (χ0) is 14.7. The van der Waals surface area contributed by atoms with Gasteiger partial charge in [-0.1, -0.05) is 12.1 Å². The summed E-state index contributed by atoms with van der Waals surface area (Å²) in [6.45, 7) is 1.38. The van der Waals surface area contributed by atoms with Gasteiger partial charge in [0.25, 0.3) is 0 Å². The van der Waals surface area contributed by atoms with Crippen molar-refractivity contribution in [2.45, 2.75) is 19.6 Å². The van der Waals surface area contributed by atoms with E-state index < -0.39 is 17.5 Å². The van der Waals surface area contributed by atoms with Crippen LogP contribution in [0.3, 0.4) is 0 Å². The van der Waals surface area contributed by atoms with Crippen LogP contribution < -0.4 is 10.5 Å². The molecule has 0 spiro atoms. The molecule has 0 aliphatic heterocycles. The van der Waals surface area contributed by atoms with E-state index in [1.165, 1.54) is 18.2 Å². The second-order valence-corrected chi connectivity index (χ2v) is 4.46. The third kappa shape index (κ3) is 3.11. The highest BCUT2D eigenvalue weighted by Gasteiger charge is 2.13. The molecule has 0 radical (unpaired) electrons. The van der Waals surface area contributed by atoms with Crippen molar-refractivity contribution in [1.29, 1.82) is 0 Å². The van der Waals surface area contributed by atoms with E-state index in [1.54, 1.807) is 6.92 Å². The topological polar surface area (TPSA) is 35.2 Å². The van der Waals surface area contributed by atoms with Crippen LogP contribution in [-0.2, 0) is 6.61 Å². The van der Waals surface area contributed by atoms with Crippen LogP contribution in [0.4, 0.5) is 13.2 Å². The maximum absolute atomic E-state index is 13.5. The van der Waals surface area contributed by atoms with Crippen molar-refractivity contribution in [3.8, 4) is 5.75 Å². The predicted molar refractivity (Wildman–Crippen MR) is 69.7 cm³/mol. The van der Waals surface area contributed by atoms with Gasteiger partial charge in [-0.15, -0.1) is 0 Å². The van der Waals surface area contributed by atoms with Gasteiger partial charge in [0.05, 0.1) is 5.56 Å². The Kier molecular flexibility index (Phi) is 4.29. The van der Waals surface area contributed by atoms with E-state index in [9.17, 15) is 13.2 Å². The van der Waals surface area contributed by atoms with Crippen molar-refractivity contribution in [2.75, 3.05) is 0 Å². The van der Waals surface area contributed by atoms with Gasteiger partial charge in [0.2, 0.25) is 0 Å². The van der Waals surface area contributed by atoms with Crippen LogP contribution in [0.1, 0.15) is 24.1 Å². The third-order valence-electron chi connectivity index (χ3n) is 2.90. The summed E-state index contributed by atoms with van der Waals surface area (Å²) < 4.78 is 45.5. The SMILES string of the molecule is CC(N)c1ccc(F)cc1OCc1c(F)cccc1F. The molecule has 1 atom stereocenters. The fraction of sp³-hybridized carbons (Fsp3) is 0.200. The van der Waals surface area contributed by atoms with Crippen LogP contribution >= 0.6 is 0 Å². The van der Waals surface area contributed by atoms with Crippen LogP contribution in [0.15, 0.2) is 36.4 Å². The number of hydrogen-bond donors (Lipinski definition) is 1. The first-order valence-corrected chi connectivity index (χ1v) is 6.09. The fourth-order valence-corrected chi connectivity index (χ4v) is 1.83. The van der Waals surface area contributed by atoms with E-state index in [-0.39, 0.29) is 24.0 Å². The maximum Gasteiger partial charge on any atom is 0.132 e. The van der Waals surface area contributed by atoms with Crippen LogP contribution in [0.25, 0.3) is 0 Å². The normalized spacial score (nSPS) is 12.2. The number of nitrogens with two attached hydrogens (primary N) is 1. The first-order valence-electron chi connectivity index (χ1n) is 6.09. The molecule has 2 aromatic rings. The zero-order valence-electron chi connectivity index (χ0n) is 10.9. The average molecular weight is 281 g/mol. The number of halogens is 3. The molecule has 0 aliphatic rings. The lowest BCUT2D eigenvalue weighted by atomic mass is 10.1. The summed E-state index contributed by atoms with van der Waals surface area (Å²) >= 11 is 0. The third-order valence-corrected chi connectivity index (χ3v) is 2.90. The lowest BCUT2D eigenvalue weighted by Gasteiger charge is -2.14. The first kappa shape index (κ1) is 14.4. The summed E-state index contributed by atoms with van der Waals surface area (Å²) in [5.74, 6) is -1.73. The number of benzene rings is 2. The quantitative estimate of drug-likeness (QED) is 0.927. The Bertz CT molecular complexity index is 594. The highest BCUT2D eigenvalue weighted by atomic mass is 19.1. The van der Waals surface area contributed by atoms with Gasteiger partial charge in [0, 0.05) is 17.7 Å². The molecule has 2 aromatic carbocycles. The molecule has 0 aliphatic carbocycles. The number of hydrogen-bond acceptors (Lipinski definition) is 2. The Morgan fingerprint density at radius 1 is 1.10 bits per heavy atom. The van der Waals surface area contributed by atoms with Crippen molar-refractivity contribution in [3.63, 3.8) is 0 Å². The second-order valence-electron chi connectivity index (χ2n) is 4.46. The molecule has 0 amide bonds. The molecule has 0 bridgehead atoms. The van der Waals surface area contributed by atoms with E-state index in [2.05, 4.69) is 0 Å². The van der Waals surface area contributed by atoms with E-state index in [1.807, 2.05) is 0 Å². The number of rotatable bonds is 4. The zero-order valence-corrected chi connectivity index (χ0v) is 10.9. The molecule has 2 nitrogen and oxygen atoms in total. The summed E-state index contributed by atoms with van der Waals surface area (Å²) in [5.41, 5.74) is 6.11. The summed E-state index contributed by atoms with van der Waals surface area (Å²) in [6, 6.07) is 7.07. The summed E-state index contributed by atoms with van der Waals surface area (Å²) in [5, 5.41) is 0. The Balaban J connectivity index is 2.25. The van der Waals surface area contributed by atoms with Crippen LogP contribution in [0.2, 0.25) is 0 Å². The minimum absolute atomic E-state index is 0.183. The van der Waals surface area contributed by atoms with Crippen LogP contribution in [0.5, 0.6) is 5.75 Å². The van der Waals surface area contributed by atoms with Gasteiger partial charge in [0.15, 0.2) is 0 Å². The van der Waals surface area contributed by atoms with Gasteiger partial charge in [-0.3, -0.25) is 0 Å². The Morgan fingerprint density at radius 3 is 2.35 bits per heavy atom. The Hall–Kier alpha value is -2.01. The van der Waals surface area contributed by atoms with Gasteiger partial charge < -0.3 is 10.5 Å². The monoisotopic (exact) mass is 281 g/mol. The van der Waals surface area contributed by atoms with E-state index in [0.29, 0.717) is 5.56 Å². The van der Waals surface area contributed by atoms with Gasteiger partial charge in [-0.2, -0.15) is 0 Å². The van der Waals surface area contributed by atoms with Crippen LogP contribution in [0, 0.1) is 17.5 Å². The van der Waals surface area contributed by atoms with Gasteiger partial charge in [-0.25, -0.2) is 13.2 Å². The van der Waals surface area contributed by atoms with Crippen molar-refractivity contribution in [3.05, 3.63) is 65.0 Å². The summed E-state index contributed by atoms with van der Waals surface area (Å²) in [6.07, 6.45) is 0. The molecule has 2 N–H and O–H groups in total. The van der Waals surface area contributed by atoms with Crippen molar-refractivity contribution in [1.82, 2.24) is 0 Å². The first-order chi connectivity index (χ1) is 9.49. The van der Waals surface area contributed by atoms with Crippen LogP contribution in [-0.4, -0.2) is 0 Å². The van der Waals surface area contributed by atoms with Crippen molar-refractivity contribution in [2.24, 2.45) is 5.73 Å². The molecule has 0 aromatic heterocycles. The summed E-state index contributed by atoms with van der Waals surface area (Å²) in [7, 11) is 0. The van der Waals surface area contributed by atoms with Gasteiger partial charge in [-0.05, 0) is 25.1 Å². The molecule has 0 saturated carbocycles. The molecular weight excluding hydrogens is 267 g/mol. The molecule has 0 heterocycles. The smallest absolute Gasteiger partial charge is 0.132 e. The molecule has 20 heavy (non-hydrogen) atoms. The van der Waals surface area contributed by atoms with E-state index >= 15 is 0 Å². The Labute approximate surface area is 115 Å². The molecule has 2 rings (SSSR count). The van der Waals surface area contributed by atoms with Gasteiger partial charge in [0.1, 0.15) is 29.8 Å². The Morgan fingerprint density at radius 2 is 1.75 bits per heavy atom. The van der Waals surface area contributed by atoms with Crippen molar-refractivity contribution >= 4 is 0 Å². The molecule has 106 valence electrons. The second kappa shape index (κ2) is 5.96. The fourth-order valence-electron chi connectivity index (χ4n) is 1.83. The average Bonchev–Trinajstić information content (AvgIpc) is 2.37. The van der Waals surface area contributed by atoms with E-state index in [0.717, 1.165) is 18.2 Å². The predicted octanol–water partition coefficient (Wildman–Crippen LogP) is 3.70. The molecule has 5 heteroatoms. The molecule has 1 unspecified atom stereocenters. The highest BCUT2D eigenvalue weighted by molar-refractivity contribution is 5.36. The lowest BCUT2D eigenvalue weighted by Crippen LogP contribution is -2.09. The standard InChI is InChI=1S/C15H14F3NO/c1-9(19)11-6-5-10(16)7-15(11)20-8-12-13(17)3-2-4-14(12)18/h2-7,9H,8,19H2,1H3. The summed E-state index contributed by atoms with van der Waals surface area (Å²) in [4.78, 5) is 0.